The van der Waals surface area contributed by atoms with Gasteiger partial charge in [0.1, 0.15) is 0 Å². The van der Waals surface area contributed by atoms with Gasteiger partial charge >= 0.3 is 0 Å². The molecule has 0 aliphatic heterocycles. The zero-order valence-electron chi connectivity index (χ0n) is 13.5. The number of hydrogen-bond acceptors (Lipinski definition) is 5. The molecule has 122 valence electrons. The largest absolute Gasteiger partial charge is 0.332 e. The summed E-state index contributed by atoms with van der Waals surface area (Å²) in [5.41, 5.74) is 3.68. The van der Waals surface area contributed by atoms with Crippen molar-refractivity contribution in [1.29, 1.82) is 0 Å². The van der Waals surface area contributed by atoms with Crippen molar-refractivity contribution < 1.29 is 4.79 Å². The average Bonchev–Trinajstić information content (AvgIpc) is 3.06. The zero-order chi connectivity index (χ0) is 16.9. The van der Waals surface area contributed by atoms with E-state index in [-0.39, 0.29) is 11.8 Å². The third-order valence-corrected chi connectivity index (χ3v) is 4.17. The quantitative estimate of drug-likeness (QED) is 0.716. The molecular formula is C18H18N4OS. The maximum Gasteiger partial charge on any atom is 0.226 e. The van der Waals surface area contributed by atoms with Crippen LogP contribution in [0.2, 0.25) is 0 Å². The third kappa shape index (κ3) is 3.97. The summed E-state index contributed by atoms with van der Waals surface area (Å²) in [5, 5.41) is 8.98. The molecule has 1 aromatic carbocycles. The van der Waals surface area contributed by atoms with Crippen molar-refractivity contribution in [3.63, 3.8) is 0 Å². The van der Waals surface area contributed by atoms with E-state index in [1.165, 1.54) is 0 Å². The summed E-state index contributed by atoms with van der Waals surface area (Å²) in [4.78, 5) is 20.3. The number of aromatic nitrogens is 2. The Morgan fingerprint density at radius 1 is 1.04 bits per heavy atom. The summed E-state index contributed by atoms with van der Waals surface area (Å²) in [6.45, 7) is 3.74. The Balaban J connectivity index is 1.66. The number of benzene rings is 1. The first-order valence-corrected chi connectivity index (χ1v) is 8.53. The normalized spacial score (nSPS) is 10.6. The molecule has 2 aromatic heterocycles. The number of hydrogen-bond donors (Lipinski definition) is 2. The number of carbonyl (C=O) groups is 1. The van der Waals surface area contributed by atoms with E-state index in [4.69, 9.17) is 0 Å². The van der Waals surface area contributed by atoms with Gasteiger partial charge in [0.15, 0.2) is 5.13 Å². The SMILES string of the molecule is CC(C)C(=O)Nc1ccc(Nc2nc(-c3ccncc3)cs2)cc1. The molecule has 0 spiro atoms. The Bertz CT molecular complexity index is 813. The molecule has 0 radical (unpaired) electrons. The second kappa shape index (κ2) is 7.23. The molecule has 2 N–H and O–H groups in total. The van der Waals surface area contributed by atoms with Gasteiger partial charge < -0.3 is 10.6 Å². The topological polar surface area (TPSA) is 66.9 Å². The highest BCUT2D eigenvalue weighted by atomic mass is 32.1. The Kier molecular flexibility index (Phi) is 4.86. The molecule has 24 heavy (non-hydrogen) atoms. The summed E-state index contributed by atoms with van der Waals surface area (Å²) in [7, 11) is 0. The molecule has 1 amide bonds. The molecule has 2 heterocycles. The maximum absolute atomic E-state index is 11.7. The van der Waals surface area contributed by atoms with Gasteiger partial charge in [0.2, 0.25) is 5.91 Å². The highest BCUT2D eigenvalue weighted by molar-refractivity contribution is 7.14. The van der Waals surface area contributed by atoms with Gasteiger partial charge in [-0.05, 0) is 36.4 Å². The minimum absolute atomic E-state index is 0.0117. The summed E-state index contributed by atoms with van der Waals surface area (Å²) in [5.74, 6) is -0.0256. The number of rotatable bonds is 5. The molecule has 3 rings (SSSR count). The first-order valence-electron chi connectivity index (χ1n) is 7.65. The Morgan fingerprint density at radius 2 is 1.71 bits per heavy atom. The molecular weight excluding hydrogens is 320 g/mol. The van der Waals surface area contributed by atoms with Crippen LogP contribution in [0.3, 0.4) is 0 Å². The maximum atomic E-state index is 11.7. The molecule has 0 saturated heterocycles. The summed E-state index contributed by atoms with van der Waals surface area (Å²) in [6, 6.07) is 11.5. The number of anilines is 3. The van der Waals surface area contributed by atoms with E-state index in [9.17, 15) is 4.79 Å². The number of nitrogens with zero attached hydrogens (tertiary/aromatic N) is 2. The molecule has 0 fully saturated rings. The van der Waals surface area contributed by atoms with Crippen LogP contribution in [0.1, 0.15) is 13.8 Å². The van der Waals surface area contributed by atoms with Gasteiger partial charge in [0, 0.05) is 40.6 Å². The van der Waals surface area contributed by atoms with E-state index >= 15 is 0 Å². The monoisotopic (exact) mass is 338 g/mol. The van der Waals surface area contributed by atoms with Crippen LogP contribution in [0, 0.1) is 5.92 Å². The molecule has 0 unspecified atom stereocenters. The van der Waals surface area contributed by atoms with E-state index in [1.807, 2.05) is 55.6 Å². The van der Waals surface area contributed by atoms with Crippen molar-refractivity contribution in [3.05, 3.63) is 54.2 Å². The van der Waals surface area contributed by atoms with Gasteiger partial charge in [-0.15, -0.1) is 11.3 Å². The van der Waals surface area contributed by atoms with E-state index in [2.05, 4.69) is 20.6 Å². The number of pyridine rings is 1. The van der Waals surface area contributed by atoms with Crippen LogP contribution in [0.5, 0.6) is 0 Å². The smallest absolute Gasteiger partial charge is 0.226 e. The summed E-state index contributed by atoms with van der Waals surface area (Å²) < 4.78 is 0. The van der Waals surface area contributed by atoms with Crippen molar-refractivity contribution >= 4 is 33.8 Å². The van der Waals surface area contributed by atoms with Gasteiger partial charge in [-0.2, -0.15) is 0 Å². The molecule has 0 saturated carbocycles. The lowest BCUT2D eigenvalue weighted by atomic mass is 10.2. The Hall–Kier alpha value is -2.73. The number of nitrogens with one attached hydrogen (secondary N) is 2. The zero-order valence-corrected chi connectivity index (χ0v) is 14.3. The van der Waals surface area contributed by atoms with Crippen LogP contribution in [-0.4, -0.2) is 15.9 Å². The summed E-state index contributed by atoms with van der Waals surface area (Å²) in [6.07, 6.45) is 3.51. The predicted molar refractivity (Wildman–Crippen MR) is 98.5 cm³/mol. The number of amides is 1. The second-order valence-corrected chi connectivity index (χ2v) is 6.48. The van der Waals surface area contributed by atoms with Crippen molar-refractivity contribution in [1.82, 2.24) is 9.97 Å². The third-order valence-electron chi connectivity index (χ3n) is 3.41. The number of thiazole rings is 1. The first-order chi connectivity index (χ1) is 11.6. The van der Waals surface area contributed by atoms with Crippen LogP contribution >= 0.6 is 11.3 Å². The summed E-state index contributed by atoms with van der Waals surface area (Å²) >= 11 is 1.55. The molecule has 3 aromatic rings. The molecule has 0 aliphatic carbocycles. The van der Waals surface area contributed by atoms with Crippen LogP contribution in [-0.2, 0) is 4.79 Å². The molecule has 6 heteroatoms. The van der Waals surface area contributed by atoms with Gasteiger partial charge in [-0.25, -0.2) is 4.98 Å². The van der Waals surface area contributed by atoms with E-state index in [0.717, 1.165) is 27.8 Å². The predicted octanol–water partition coefficient (Wildman–Crippen LogP) is 4.54. The van der Waals surface area contributed by atoms with Crippen LogP contribution in [0.4, 0.5) is 16.5 Å². The standard InChI is InChI=1S/C18H18N4OS/c1-12(2)17(23)20-14-3-5-15(6-4-14)21-18-22-16(11-24-18)13-7-9-19-10-8-13/h3-12H,1-2H3,(H,20,23)(H,21,22). The van der Waals surface area contributed by atoms with Crippen LogP contribution < -0.4 is 10.6 Å². The fourth-order valence-electron chi connectivity index (χ4n) is 2.03. The minimum Gasteiger partial charge on any atom is -0.332 e. The second-order valence-electron chi connectivity index (χ2n) is 5.62. The van der Waals surface area contributed by atoms with E-state index in [0.29, 0.717) is 0 Å². The lowest BCUT2D eigenvalue weighted by molar-refractivity contribution is -0.118. The van der Waals surface area contributed by atoms with E-state index in [1.54, 1.807) is 23.7 Å². The lowest BCUT2D eigenvalue weighted by Gasteiger charge is -2.08. The van der Waals surface area contributed by atoms with Crippen LogP contribution in [0.25, 0.3) is 11.3 Å². The highest BCUT2D eigenvalue weighted by Crippen LogP contribution is 2.27. The fraction of sp³-hybridized carbons (Fsp3) is 0.167. The van der Waals surface area contributed by atoms with Gasteiger partial charge in [0.25, 0.3) is 0 Å². The number of carbonyl (C=O) groups excluding carboxylic acids is 1. The minimum atomic E-state index is -0.0373. The molecule has 0 bridgehead atoms. The van der Waals surface area contributed by atoms with Gasteiger partial charge in [0.05, 0.1) is 5.69 Å². The van der Waals surface area contributed by atoms with Crippen molar-refractivity contribution in [2.45, 2.75) is 13.8 Å². The fourth-order valence-corrected chi connectivity index (χ4v) is 2.77. The highest BCUT2D eigenvalue weighted by Gasteiger charge is 2.07. The average molecular weight is 338 g/mol. The van der Waals surface area contributed by atoms with Crippen molar-refractivity contribution in [2.75, 3.05) is 10.6 Å². The van der Waals surface area contributed by atoms with Crippen molar-refractivity contribution in [3.8, 4) is 11.3 Å². The van der Waals surface area contributed by atoms with Gasteiger partial charge in [-0.3, -0.25) is 9.78 Å². The molecule has 5 nitrogen and oxygen atoms in total. The van der Waals surface area contributed by atoms with Crippen LogP contribution in [0.15, 0.2) is 54.2 Å². The van der Waals surface area contributed by atoms with Gasteiger partial charge in [-0.1, -0.05) is 13.8 Å². The molecule has 0 aliphatic rings. The lowest BCUT2D eigenvalue weighted by Crippen LogP contribution is -2.17. The van der Waals surface area contributed by atoms with E-state index < -0.39 is 0 Å². The molecule has 0 atom stereocenters. The van der Waals surface area contributed by atoms with Crippen molar-refractivity contribution in [2.24, 2.45) is 5.92 Å². The Labute approximate surface area is 144 Å². The first kappa shape index (κ1) is 16.1. The Morgan fingerprint density at radius 3 is 2.38 bits per heavy atom.